The molecule has 0 bridgehead atoms. The van der Waals surface area contributed by atoms with E-state index in [4.69, 9.17) is 0 Å². The second-order valence-corrected chi connectivity index (χ2v) is 5.20. The molecule has 0 saturated carbocycles. The third kappa shape index (κ3) is 3.37. The Hall–Kier alpha value is -2.43. The van der Waals surface area contributed by atoms with Gasteiger partial charge in [-0.2, -0.15) is 0 Å². The molecule has 21 heavy (non-hydrogen) atoms. The van der Waals surface area contributed by atoms with Crippen LogP contribution < -0.4 is 5.32 Å². The van der Waals surface area contributed by atoms with Crippen molar-refractivity contribution in [3.05, 3.63) is 54.8 Å². The first-order valence-electron chi connectivity index (χ1n) is 7.18. The Morgan fingerprint density at radius 3 is 3.14 bits per heavy atom. The molecule has 2 aromatic rings. The van der Waals surface area contributed by atoms with Crippen LogP contribution in [-0.2, 0) is 11.3 Å². The number of nitrogens with one attached hydrogen (secondary N) is 1. The molecule has 2 aromatic heterocycles. The number of carbonyl (C=O) groups is 1. The van der Waals surface area contributed by atoms with Crippen molar-refractivity contribution in [1.82, 2.24) is 19.9 Å². The summed E-state index contributed by atoms with van der Waals surface area (Å²) in [6.07, 6.45) is 14.0. The molecule has 0 saturated heterocycles. The van der Waals surface area contributed by atoms with Crippen LogP contribution in [0.15, 0.2) is 49.2 Å². The molecule has 0 unspecified atom stereocenters. The second-order valence-electron chi connectivity index (χ2n) is 5.20. The van der Waals surface area contributed by atoms with Crippen LogP contribution in [0.1, 0.15) is 24.8 Å². The summed E-state index contributed by atoms with van der Waals surface area (Å²) in [5.74, 6) is 1.29. The van der Waals surface area contributed by atoms with Gasteiger partial charge in [0.2, 0.25) is 5.91 Å². The van der Waals surface area contributed by atoms with Crippen molar-refractivity contribution in [1.29, 1.82) is 0 Å². The molecule has 1 aliphatic rings. The fourth-order valence-corrected chi connectivity index (χ4v) is 2.55. The minimum atomic E-state index is 0.0898. The second kappa shape index (κ2) is 6.35. The maximum atomic E-state index is 12.0. The Morgan fingerprint density at radius 1 is 1.43 bits per heavy atom. The Kier molecular flexibility index (Phi) is 4.09. The van der Waals surface area contributed by atoms with E-state index >= 15 is 0 Å². The van der Waals surface area contributed by atoms with Gasteiger partial charge in [0.25, 0.3) is 0 Å². The molecule has 0 radical (unpaired) electrons. The lowest BCUT2D eigenvalue weighted by molar-refractivity contribution is -0.121. The first kappa shape index (κ1) is 13.5. The van der Waals surface area contributed by atoms with Crippen molar-refractivity contribution < 1.29 is 4.79 Å². The highest BCUT2D eigenvalue weighted by Gasteiger charge is 2.14. The van der Waals surface area contributed by atoms with Gasteiger partial charge in [-0.3, -0.25) is 9.36 Å². The molecule has 2 heterocycles. The molecular formula is C16H18N4O. The van der Waals surface area contributed by atoms with Gasteiger partial charge in [-0.1, -0.05) is 18.2 Å². The normalized spacial score (nSPS) is 17.0. The zero-order valence-corrected chi connectivity index (χ0v) is 11.8. The molecule has 1 N–H and O–H groups in total. The van der Waals surface area contributed by atoms with Gasteiger partial charge in [0.1, 0.15) is 12.1 Å². The maximum absolute atomic E-state index is 12.0. The topological polar surface area (TPSA) is 59.8 Å². The van der Waals surface area contributed by atoms with Gasteiger partial charge >= 0.3 is 0 Å². The summed E-state index contributed by atoms with van der Waals surface area (Å²) in [6, 6.07) is 3.85. The standard InChI is InChI=1S/C16H18N4O/c21-15(10-13-4-1-2-5-13)19-11-14-6-3-7-18-16(14)20-9-8-17-12-20/h1,3-4,6-9,12-13H,2,5,10-11H2,(H,19,21)/t13-/m0/s1. The summed E-state index contributed by atoms with van der Waals surface area (Å²) >= 11 is 0. The zero-order chi connectivity index (χ0) is 14.5. The largest absolute Gasteiger partial charge is 0.352 e. The van der Waals surface area contributed by atoms with Crippen molar-refractivity contribution in [2.75, 3.05) is 0 Å². The van der Waals surface area contributed by atoms with Gasteiger partial charge < -0.3 is 5.32 Å². The fraction of sp³-hybridized carbons (Fsp3) is 0.312. The SMILES string of the molecule is O=C(C[C@H]1C=CCC1)NCc1cccnc1-n1ccnc1. The Morgan fingerprint density at radius 2 is 2.38 bits per heavy atom. The van der Waals surface area contributed by atoms with E-state index < -0.39 is 0 Å². The van der Waals surface area contributed by atoms with Gasteiger partial charge in [0.05, 0.1) is 0 Å². The van der Waals surface area contributed by atoms with E-state index in [2.05, 4.69) is 27.4 Å². The molecule has 1 aliphatic carbocycles. The summed E-state index contributed by atoms with van der Waals surface area (Å²) in [5.41, 5.74) is 0.978. The maximum Gasteiger partial charge on any atom is 0.220 e. The number of imidazole rings is 1. The number of rotatable bonds is 5. The van der Waals surface area contributed by atoms with Gasteiger partial charge in [0.15, 0.2) is 0 Å². The molecule has 108 valence electrons. The van der Waals surface area contributed by atoms with Crippen molar-refractivity contribution >= 4 is 5.91 Å². The monoisotopic (exact) mass is 282 g/mol. The highest BCUT2D eigenvalue weighted by Crippen LogP contribution is 2.20. The van der Waals surface area contributed by atoms with Crippen LogP contribution in [0.3, 0.4) is 0 Å². The van der Waals surface area contributed by atoms with Crippen molar-refractivity contribution in [2.24, 2.45) is 5.92 Å². The van der Waals surface area contributed by atoms with Gasteiger partial charge in [0, 0.05) is 37.1 Å². The highest BCUT2D eigenvalue weighted by molar-refractivity contribution is 5.76. The number of pyridine rings is 1. The summed E-state index contributed by atoms with van der Waals surface area (Å²) in [4.78, 5) is 20.4. The van der Waals surface area contributed by atoms with Crippen LogP contribution in [0.5, 0.6) is 0 Å². The van der Waals surface area contributed by atoms with E-state index in [1.54, 1.807) is 18.7 Å². The lowest BCUT2D eigenvalue weighted by Gasteiger charge is -2.11. The van der Waals surface area contributed by atoms with Crippen molar-refractivity contribution in [2.45, 2.75) is 25.8 Å². The minimum Gasteiger partial charge on any atom is -0.352 e. The number of nitrogens with zero attached hydrogens (tertiary/aromatic N) is 3. The molecular weight excluding hydrogens is 264 g/mol. The average Bonchev–Trinajstić information content (AvgIpc) is 3.18. The number of allylic oxidation sites excluding steroid dienone is 2. The molecule has 3 rings (SSSR count). The number of hydrogen-bond donors (Lipinski definition) is 1. The molecule has 0 fully saturated rings. The molecule has 1 atom stereocenters. The molecule has 5 heteroatoms. The number of hydrogen-bond acceptors (Lipinski definition) is 3. The molecule has 5 nitrogen and oxygen atoms in total. The van der Waals surface area contributed by atoms with E-state index in [9.17, 15) is 4.79 Å². The average molecular weight is 282 g/mol. The summed E-state index contributed by atoms with van der Waals surface area (Å²) < 4.78 is 1.85. The first-order chi connectivity index (χ1) is 10.3. The zero-order valence-electron chi connectivity index (χ0n) is 11.8. The molecule has 0 aromatic carbocycles. The van der Waals surface area contributed by atoms with Crippen LogP contribution in [0, 0.1) is 5.92 Å². The Bertz CT molecular complexity index is 633. The summed E-state index contributed by atoms with van der Waals surface area (Å²) in [5, 5.41) is 2.98. The van der Waals surface area contributed by atoms with Gasteiger partial charge in [-0.15, -0.1) is 0 Å². The molecule has 1 amide bonds. The van der Waals surface area contributed by atoms with E-state index in [0.717, 1.165) is 24.2 Å². The van der Waals surface area contributed by atoms with Gasteiger partial charge in [-0.25, -0.2) is 9.97 Å². The number of carbonyl (C=O) groups excluding carboxylic acids is 1. The van der Waals surface area contributed by atoms with Crippen LogP contribution >= 0.6 is 0 Å². The lowest BCUT2D eigenvalue weighted by atomic mass is 10.1. The van der Waals surface area contributed by atoms with Gasteiger partial charge in [-0.05, 0) is 24.8 Å². The van der Waals surface area contributed by atoms with Crippen molar-refractivity contribution in [3.63, 3.8) is 0 Å². The Labute approximate surface area is 123 Å². The van der Waals surface area contributed by atoms with E-state index in [-0.39, 0.29) is 5.91 Å². The number of aromatic nitrogens is 3. The first-order valence-corrected chi connectivity index (χ1v) is 7.18. The van der Waals surface area contributed by atoms with Crippen LogP contribution in [-0.4, -0.2) is 20.4 Å². The predicted octanol–water partition coefficient (Wildman–Crippen LogP) is 2.24. The molecule has 0 aliphatic heterocycles. The lowest BCUT2D eigenvalue weighted by Crippen LogP contribution is -2.25. The van der Waals surface area contributed by atoms with Crippen LogP contribution in [0.4, 0.5) is 0 Å². The van der Waals surface area contributed by atoms with E-state index in [1.165, 1.54) is 0 Å². The quantitative estimate of drug-likeness (QED) is 0.856. The van der Waals surface area contributed by atoms with E-state index in [1.807, 2.05) is 22.9 Å². The van der Waals surface area contributed by atoms with Crippen LogP contribution in [0.25, 0.3) is 5.82 Å². The van der Waals surface area contributed by atoms with Crippen molar-refractivity contribution in [3.8, 4) is 5.82 Å². The summed E-state index contributed by atoms with van der Waals surface area (Å²) in [6.45, 7) is 0.483. The fourth-order valence-electron chi connectivity index (χ4n) is 2.55. The molecule has 0 spiro atoms. The number of amides is 1. The minimum absolute atomic E-state index is 0.0898. The summed E-state index contributed by atoms with van der Waals surface area (Å²) in [7, 11) is 0. The van der Waals surface area contributed by atoms with Crippen LogP contribution in [0.2, 0.25) is 0 Å². The van der Waals surface area contributed by atoms with E-state index in [0.29, 0.717) is 18.9 Å². The highest BCUT2D eigenvalue weighted by atomic mass is 16.1. The third-order valence-electron chi connectivity index (χ3n) is 3.65. The Balaban J connectivity index is 1.62. The smallest absolute Gasteiger partial charge is 0.220 e. The predicted molar refractivity (Wildman–Crippen MR) is 79.7 cm³/mol. The third-order valence-corrected chi connectivity index (χ3v) is 3.65.